The molecule has 1 amide bonds. The van der Waals surface area contributed by atoms with E-state index in [1.165, 1.54) is 16.4 Å². The van der Waals surface area contributed by atoms with E-state index in [1.807, 2.05) is 26.8 Å². The normalized spacial score (nSPS) is 14.4. The van der Waals surface area contributed by atoms with E-state index >= 15 is 0 Å². The molecule has 0 spiro atoms. The highest BCUT2D eigenvalue weighted by Crippen LogP contribution is 2.36. The van der Waals surface area contributed by atoms with Crippen LogP contribution in [0.3, 0.4) is 0 Å². The SMILES string of the molecule is CN(C(=O)OC(C)(C)C)c1cccnc1Nc1nc(-c2cc3c(cn2)OC(C)(C)C3)ns1. The lowest BCUT2D eigenvalue weighted by molar-refractivity contribution is 0.0589. The Morgan fingerprint density at radius 1 is 1.31 bits per heavy atom. The minimum Gasteiger partial charge on any atom is -0.486 e. The molecule has 0 aliphatic carbocycles. The molecule has 3 aromatic heterocycles. The number of hydrogen-bond donors (Lipinski definition) is 1. The third kappa shape index (κ3) is 4.80. The second-order valence-corrected chi connectivity index (χ2v) is 9.93. The van der Waals surface area contributed by atoms with Crippen LogP contribution in [-0.4, -0.2) is 43.7 Å². The van der Waals surface area contributed by atoms with Gasteiger partial charge in [-0.3, -0.25) is 4.90 Å². The van der Waals surface area contributed by atoms with Crippen molar-refractivity contribution in [3.63, 3.8) is 0 Å². The predicted molar refractivity (Wildman–Crippen MR) is 124 cm³/mol. The van der Waals surface area contributed by atoms with Gasteiger partial charge in [-0.1, -0.05) is 0 Å². The largest absolute Gasteiger partial charge is 0.486 e. The Balaban J connectivity index is 1.53. The fourth-order valence-electron chi connectivity index (χ4n) is 3.30. The van der Waals surface area contributed by atoms with Gasteiger partial charge in [-0.25, -0.2) is 14.8 Å². The quantitative estimate of drug-likeness (QED) is 0.598. The van der Waals surface area contributed by atoms with Crippen molar-refractivity contribution in [2.75, 3.05) is 17.3 Å². The lowest BCUT2D eigenvalue weighted by Crippen LogP contribution is -2.34. The van der Waals surface area contributed by atoms with Gasteiger partial charge < -0.3 is 14.8 Å². The van der Waals surface area contributed by atoms with Crippen molar-refractivity contribution in [3.8, 4) is 17.3 Å². The highest BCUT2D eigenvalue weighted by molar-refractivity contribution is 7.09. The zero-order valence-electron chi connectivity index (χ0n) is 19.0. The van der Waals surface area contributed by atoms with Crippen LogP contribution in [0, 0.1) is 0 Å². The number of nitrogens with zero attached hydrogens (tertiary/aromatic N) is 5. The van der Waals surface area contributed by atoms with E-state index in [4.69, 9.17) is 9.47 Å². The number of aromatic nitrogens is 4. The highest BCUT2D eigenvalue weighted by Gasteiger charge is 2.31. The van der Waals surface area contributed by atoms with Crippen LogP contribution in [0.1, 0.15) is 40.2 Å². The Morgan fingerprint density at radius 2 is 2.09 bits per heavy atom. The van der Waals surface area contributed by atoms with Crippen molar-refractivity contribution in [1.82, 2.24) is 19.3 Å². The predicted octanol–water partition coefficient (Wildman–Crippen LogP) is 4.82. The average Bonchev–Trinajstić information content (AvgIpc) is 3.28. The van der Waals surface area contributed by atoms with E-state index in [0.717, 1.165) is 17.7 Å². The lowest BCUT2D eigenvalue weighted by Gasteiger charge is -2.25. The van der Waals surface area contributed by atoms with Gasteiger partial charge in [0.1, 0.15) is 22.6 Å². The number of carbonyl (C=O) groups is 1. The molecule has 9 nitrogen and oxygen atoms in total. The molecule has 0 saturated heterocycles. The lowest BCUT2D eigenvalue weighted by atomic mass is 10.0. The van der Waals surface area contributed by atoms with Gasteiger partial charge in [0.25, 0.3) is 0 Å². The van der Waals surface area contributed by atoms with E-state index in [2.05, 4.69) is 38.5 Å². The Hall–Kier alpha value is -3.27. The maximum atomic E-state index is 12.5. The van der Waals surface area contributed by atoms with Crippen molar-refractivity contribution < 1.29 is 14.3 Å². The van der Waals surface area contributed by atoms with Crippen LogP contribution in [0.25, 0.3) is 11.5 Å². The number of hydrogen-bond acceptors (Lipinski definition) is 9. The Morgan fingerprint density at radius 3 is 2.84 bits per heavy atom. The first-order valence-electron chi connectivity index (χ1n) is 10.2. The molecule has 168 valence electrons. The second kappa shape index (κ2) is 8.01. The summed E-state index contributed by atoms with van der Waals surface area (Å²) in [5.74, 6) is 1.79. The number of ether oxygens (including phenoxy) is 2. The van der Waals surface area contributed by atoms with E-state index < -0.39 is 11.7 Å². The smallest absolute Gasteiger partial charge is 0.414 e. The van der Waals surface area contributed by atoms with Gasteiger partial charge in [0.2, 0.25) is 5.13 Å². The molecule has 0 saturated carbocycles. The average molecular weight is 455 g/mol. The van der Waals surface area contributed by atoms with Crippen molar-refractivity contribution in [1.29, 1.82) is 0 Å². The molecule has 10 heteroatoms. The summed E-state index contributed by atoms with van der Waals surface area (Å²) in [4.78, 5) is 27.3. The fraction of sp³-hybridized carbons (Fsp3) is 0.409. The molecule has 0 radical (unpaired) electrons. The maximum Gasteiger partial charge on any atom is 0.414 e. The zero-order valence-corrected chi connectivity index (χ0v) is 19.8. The number of fused-ring (bicyclic) bond motifs is 1. The third-order valence-electron chi connectivity index (χ3n) is 4.65. The van der Waals surface area contributed by atoms with Crippen LogP contribution in [0.5, 0.6) is 5.75 Å². The summed E-state index contributed by atoms with van der Waals surface area (Å²) in [6.45, 7) is 9.57. The first kappa shape index (κ1) is 21.9. The molecular formula is C22H26N6O3S. The summed E-state index contributed by atoms with van der Waals surface area (Å²) in [5, 5.41) is 3.70. The molecule has 4 rings (SSSR count). The van der Waals surface area contributed by atoms with Crippen molar-refractivity contribution in [2.24, 2.45) is 0 Å². The topological polar surface area (TPSA) is 102 Å². The highest BCUT2D eigenvalue weighted by atomic mass is 32.1. The Labute approximate surface area is 191 Å². The summed E-state index contributed by atoms with van der Waals surface area (Å²) >= 11 is 1.19. The van der Waals surface area contributed by atoms with E-state index in [1.54, 1.807) is 31.6 Å². The van der Waals surface area contributed by atoms with Gasteiger partial charge in [0.15, 0.2) is 11.6 Å². The van der Waals surface area contributed by atoms with Crippen LogP contribution in [-0.2, 0) is 11.2 Å². The Bertz CT molecular complexity index is 1150. The summed E-state index contributed by atoms with van der Waals surface area (Å²) in [5.41, 5.74) is 1.50. The monoisotopic (exact) mass is 454 g/mol. The van der Waals surface area contributed by atoms with Gasteiger partial charge in [-0.2, -0.15) is 9.36 Å². The molecule has 3 aromatic rings. The minimum absolute atomic E-state index is 0.236. The van der Waals surface area contributed by atoms with Crippen molar-refractivity contribution in [3.05, 3.63) is 36.2 Å². The molecular weight excluding hydrogens is 428 g/mol. The number of amides is 1. The van der Waals surface area contributed by atoms with E-state index in [9.17, 15) is 4.79 Å². The second-order valence-electron chi connectivity index (χ2n) is 9.17. The van der Waals surface area contributed by atoms with Gasteiger partial charge in [0.05, 0.1) is 11.9 Å². The Kier molecular flexibility index (Phi) is 5.49. The molecule has 1 aliphatic rings. The van der Waals surface area contributed by atoms with Gasteiger partial charge in [-0.05, 0) is 52.8 Å². The van der Waals surface area contributed by atoms with Gasteiger partial charge in [-0.15, -0.1) is 0 Å². The molecule has 0 aromatic carbocycles. The number of rotatable bonds is 4. The van der Waals surface area contributed by atoms with Gasteiger partial charge >= 0.3 is 6.09 Å². The van der Waals surface area contributed by atoms with E-state index in [0.29, 0.717) is 28.2 Å². The molecule has 32 heavy (non-hydrogen) atoms. The molecule has 4 heterocycles. The fourth-order valence-corrected chi connectivity index (χ4v) is 3.88. The molecule has 1 N–H and O–H groups in total. The zero-order chi connectivity index (χ0) is 23.1. The van der Waals surface area contributed by atoms with Crippen molar-refractivity contribution in [2.45, 2.75) is 52.2 Å². The van der Waals surface area contributed by atoms with Crippen LogP contribution >= 0.6 is 11.5 Å². The number of pyridine rings is 2. The van der Waals surface area contributed by atoms with Gasteiger partial charge in [0, 0.05) is 36.8 Å². The standard InChI is InChI=1S/C22H26N6O3S/c1-21(2,3)31-20(29)28(6)15-8-7-9-23-18(15)26-19-25-17(27-32-19)14-10-13-11-22(4,5)30-16(13)12-24-14/h7-10,12H,11H2,1-6H3,(H,23,25,26,27). The third-order valence-corrected chi connectivity index (χ3v) is 5.28. The van der Waals surface area contributed by atoms with Crippen LogP contribution in [0.15, 0.2) is 30.6 Å². The summed E-state index contributed by atoms with van der Waals surface area (Å²) < 4.78 is 15.8. The van der Waals surface area contributed by atoms with Crippen LogP contribution in [0.2, 0.25) is 0 Å². The summed E-state index contributed by atoms with van der Waals surface area (Å²) in [6, 6.07) is 5.51. The minimum atomic E-state index is -0.599. The number of nitrogens with one attached hydrogen (secondary N) is 1. The molecule has 0 fully saturated rings. The first-order valence-corrected chi connectivity index (χ1v) is 11.0. The number of anilines is 3. The molecule has 1 aliphatic heterocycles. The van der Waals surface area contributed by atoms with E-state index in [-0.39, 0.29) is 5.60 Å². The molecule has 0 atom stereocenters. The number of carbonyl (C=O) groups excluding carboxylic acids is 1. The summed E-state index contributed by atoms with van der Waals surface area (Å²) in [6.07, 6.45) is 3.70. The molecule has 0 bridgehead atoms. The summed E-state index contributed by atoms with van der Waals surface area (Å²) in [7, 11) is 1.64. The van der Waals surface area contributed by atoms with Crippen LogP contribution in [0.4, 0.5) is 21.4 Å². The first-order chi connectivity index (χ1) is 15.0. The maximum absolute atomic E-state index is 12.5. The van der Waals surface area contributed by atoms with Crippen LogP contribution < -0.4 is 15.0 Å². The molecule has 0 unspecified atom stereocenters. The van der Waals surface area contributed by atoms with Crippen molar-refractivity contribution >= 4 is 34.3 Å².